The van der Waals surface area contributed by atoms with Crippen LogP contribution in [0.3, 0.4) is 0 Å². The van der Waals surface area contributed by atoms with Gasteiger partial charge in [0, 0.05) is 24.5 Å². The van der Waals surface area contributed by atoms with Gasteiger partial charge in [-0.2, -0.15) is 4.98 Å². The molecule has 2 aromatic heterocycles. The van der Waals surface area contributed by atoms with Crippen molar-refractivity contribution in [2.45, 2.75) is 25.8 Å². The van der Waals surface area contributed by atoms with E-state index >= 15 is 0 Å². The van der Waals surface area contributed by atoms with E-state index in [9.17, 15) is 4.79 Å². The average molecular weight is 335 g/mol. The van der Waals surface area contributed by atoms with Gasteiger partial charge in [-0.1, -0.05) is 35.0 Å². The molecule has 1 aromatic carbocycles. The van der Waals surface area contributed by atoms with Crippen LogP contribution >= 0.6 is 0 Å². The molecule has 1 unspecified atom stereocenters. The molecule has 0 bridgehead atoms. The number of hydrogen-bond donors (Lipinski definition) is 0. The summed E-state index contributed by atoms with van der Waals surface area (Å²) in [5, 5.41) is 4.08. The van der Waals surface area contributed by atoms with Gasteiger partial charge >= 0.3 is 0 Å². The third kappa shape index (κ3) is 3.00. The molecule has 1 aliphatic rings. The number of amides is 1. The Hall–Kier alpha value is -3.09. The van der Waals surface area contributed by atoms with E-state index in [1.807, 2.05) is 31.2 Å². The second kappa shape index (κ2) is 6.43. The lowest BCUT2D eigenvalue weighted by Crippen LogP contribution is -2.31. The molecule has 7 nitrogen and oxygen atoms in total. The van der Waals surface area contributed by atoms with Crippen LogP contribution in [0.15, 0.2) is 47.4 Å². The van der Waals surface area contributed by atoms with Gasteiger partial charge in [0.15, 0.2) is 0 Å². The Morgan fingerprint density at radius 2 is 2.08 bits per heavy atom. The van der Waals surface area contributed by atoms with Gasteiger partial charge in [-0.3, -0.25) is 9.78 Å². The summed E-state index contributed by atoms with van der Waals surface area (Å²) in [6.45, 7) is 2.67. The highest BCUT2D eigenvalue weighted by molar-refractivity contribution is 5.92. The van der Waals surface area contributed by atoms with E-state index in [4.69, 9.17) is 4.52 Å². The lowest BCUT2D eigenvalue weighted by Gasteiger charge is -2.21. The quantitative estimate of drug-likeness (QED) is 0.732. The van der Waals surface area contributed by atoms with Gasteiger partial charge in [-0.05, 0) is 19.8 Å². The fourth-order valence-electron chi connectivity index (χ4n) is 3.01. The molecule has 25 heavy (non-hydrogen) atoms. The lowest BCUT2D eigenvalue weighted by molar-refractivity contribution is 0.0703. The molecule has 7 heteroatoms. The lowest BCUT2D eigenvalue weighted by atomic mass is 10.1. The minimum Gasteiger partial charge on any atom is -0.337 e. The molecule has 1 saturated heterocycles. The van der Waals surface area contributed by atoms with E-state index in [-0.39, 0.29) is 11.9 Å². The molecule has 1 atom stereocenters. The molecule has 0 spiro atoms. The number of carbonyl (C=O) groups excluding carboxylic acids is 1. The summed E-state index contributed by atoms with van der Waals surface area (Å²) in [6, 6.07) is 7.71. The Morgan fingerprint density at radius 1 is 1.24 bits per heavy atom. The van der Waals surface area contributed by atoms with Gasteiger partial charge in [0.2, 0.25) is 11.7 Å². The number of carbonyl (C=O) groups is 1. The van der Waals surface area contributed by atoms with Crippen LogP contribution in [0.1, 0.15) is 40.8 Å². The van der Waals surface area contributed by atoms with Gasteiger partial charge in [0.25, 0.3) is 5.91 Å². The topological polar surface area (TPSA) is 85.0 Å². The van der Waals surface area contributed by atoms with Gasteiger partial charge in [0.05, 0.1) is 6.20 Å². The van der Waals surface area contributed by atoms with Crippen molar-refractivity contribution < 1.29 is 9.32 Å². The SMILES string of the molecule is Cc1ccc(-c2noc(C3CCCN3C(=O)c3cnccn3)n2)cc1. The molecule has 0 aliphatic carbocycles. The van der Waals surface area contributed by atoms with Crippen molar-refractivity contribution >= 4 is 5.91 Å². The zero-order valence-corrected chi connectivity index (χ0v) is 13.8. The number of nitrogens with zero attached hydrogens (tertiary/aromatic N) is 5. The van der Waals surface area contributed by atoms with Gasteiger partial charge in [0.1, 0.15) is 11.7 Å². The molecule has 126 valence electrons. The number of hydrogen-bond acceptors (Lipinski definition) is 6. The number of rotatable bonds is 3. The highest BCUT2D eigenvalue weighted by Crippen LogP contribution is 2.32. The minimum atomic E-state index is -0.221. The Kier molecular flexibility index (Phi) is 3.97. The predicted octanol–water partition coefficient (Wildman–Crippen LogP) is 2.81. The van der Waals surface area contributed by atoms with E-state index in [0.717, 1.165) is 18.4 Å². The summed E-state index contributed by atoms with van der Waals surface area (Å²) in [7, 11) is 0. The highest BCUT2D eigenvalue weighted by Gasteiger charge is 2.35. The van der Waals surface area contributed by atoms with Crippen LogP contribution in [0.5, 0.6) is 0 Å². The van der Waals surface area contributed by atoms with Crippen molar-refractivity contribution in [3.63, 3.8) is 0 Å². The molecule has 1 aliphatic heterocycles. The Bertz CT molecular complexity index is 876. The molecule has 3 aromatic rings. The molecule has 0 saturated carbocycles. The number of benzene rings is 1. The summed E-state index contributed by atoms with van der Waals surface area (Å²) in [5.74, 6) is 0.838. The zero-order valence-electron chi connectivity index (χ0n) is 13.8. The van der Waals surface area contributed by atoms with Crippen molar-refractivity contribution in [3.8, 4) is 11.4 Å². The fourth-order valence-corrected chi connectivity index (χ4v) is 3.01. The first-order valence-corrected chi connectivity index (χ1v) is 8.20. The van der Waals surface area contributed by atoms with Crippen molar-refractivity contribution in [2.24, 2.45) is 0 Å². The number of likely N-dealkylation sites (tertiary alicyclic amines) is 1. The maximum absolute atomic E-state index is 12.7. The first-order chi connectivity index (χ1) is 12.2. The second-order valence-corrected chi connectivity index (χ2v) is 6.07. The Balaban J connectivity index is 1.59. The van der Waals surface area contributed by atoms with Crippen molar-refractivity contribution in [1.82, 2.24) is 25.0 Å². The van der Waals surface area contributed by atoms with E-state index in [0.29, 0.717) is 24.0 Å². The summed E-state index contributed by atoms with van der Waals surface area (Å²) in [5.41, 5.74) is 2.39. The van der Waals surface area contributed by atoms with Crippen LogP contribution in [0.4, 0.5) is 0 Å². The van der Waals surface area contributed by atoms with Gasteiger partial charge < -0.3 is 9.42 Å². The first kappa shape index (κ1) is 15.4. The van der Waals surface area contributed by atoms with Crippen molar-refractivity contribution in [2.75, 3.05) is 6.54 Å². The first-order valence-electron chi connectivity index (χ1n) is 8.20. The molecule has 0 N–H and O–H groups in total. The van der Waals surface area contributed by atoms with Crippen molar-refractivity contribution in [1.29, 1.82) is 0 Å². The number of aromatic nitrogens is 4. The summed E-state index contributed by atoms with van der Waals surface area (Å²) in [4.78, 5) is 27.0. The standard InChI is InChI=1S/C18H17N5O2/c1-12-4-6-13(7-5-12)16-21-17(25-22-16)15-3-2-10-23(15)18(24)14-11-19-8-9-20-14/h4-9,11,15H,2-3,10H2,1H3. The average Bonchev–Trinajstić information content (AvgIpc) is 3.31. The van der Waals surface area contributed by atoms with E-state index < -0.39 is 0 Å². The molecule has 4 rings (SSSR count). The third-order valence-corrected chi connectivity index (χ3v) is 4.33. The third-order valence-electron chi connectivity index (χ3n) is 4.33. The molecular formula is C18H17N5O2. The molecule has 3 heterocycles. The smallest absolute Gasteiger partial charge is 0.274 e. The fraction of sp³-hybridized carbons (Fsp3) is 0.278. The van der Waals surface area contributed by atoms with Crippen LogP contribution in [0.2, 0.25) is 0 Å². The largest absolute Gasteiger partial charge is 0.337 e. The summed E-state index contributed by atoms with van der Waals surface area (Å²) < 4.78 is 5.46. The van der Waals surface area contributed by atoms with Crippen LogP contribution in [0.25, 0.3) is 11.4 Å². The predicted molar refractivity (Wildman–Crippen MR) is 89.5 cm³/mol. The van der Waals surface area contributed by atoms with Crippen LogP contribution in [0, 0.1) is 6.92 Å². The van der Waals surface area contributed by atoms with Crippen LogP contribution in [-0.2, 0) is 0 Å². The molecule has 1 amide bonds. The van der Waals surface area contributed by atoms with E-state index in [1.165, 1.54) is 18.0 Å². The zero-order chi connectivity index (χ0) is 17.2. The minimum absolute atomic E-state index is 0.161. The second-order valence-electron chi connectivity index (χ2n) is 6.07. The maximum atomic E-state index is 12.7. The van der Waals surface area contributed by atoms with Gasteiger partial charge in [-0.15, -0.1) is 0 Å². The normalized spacial score (nSPS) is 17.0. The van der Waals surface area contributed by atoms with Gasteiger partial charge in [-0.25, -0.2) is 4.98 Å². The highest BCUT2D eigenvalue weighted by atomic mass is 16.5. The van der Waals surface area contributed by atoms with Crippen LogP contribution in [-0.4, -0.2) is 37.5 Å². The van der Waals surface area contributed by atoms with E-state index in [2.05, 4.69) is 20.1 Å². The summed E-state index contributed by atoms with van der Waals surface area (Å²) >= 11 is 0. The molecule has 0 radical (unpaired) electrons. The van der Waals surface area contributed by atoms with Crippen molar-refractivity contribution in [3.05, 3.63) is 60.0 Å². The monoisotopic (exact) mass is 335 g/mol. The Morgan fingerprint density at radius 3 is 2.84 bits per heavy atom. The van der Waals surface area contributed by atoms with Crippen LogP contribution < -0.4 is 0 Å². The van der Waals surface area contributed by atoms with E-state index in [1.54, 1.807) is 11.1 Å². The molecular weight excluding hydrogens is 318 g/mol. The summed E-state index contributed by atoms with van der Waals surface area (Å²) in [6.07, 6.45) is 6.22. The Labute approximate surface area is 144 Å². The number of aryl methyl sites for hydroxylation is 1. The molecule has 1 fully saturated rings. The maximum Gasteiger partial charge on any atom is 0.274 e.